The lowest BCUT2D eigenvalue weighted by Crippen LogP contribution is -2.14. The lowest BCUT2D eigenvalue weighted by Gasteiger charge is -2.20. The Hall–Kier alpha value is -2.06. The number of hydrogen-bond acceptors (Lipinski definition) is 2. The van der Waals surface area contributed by atoms with Gasteiger partial charge in [-0.3, -0.25) is 0 Å². The number of hydrogen-bond donors (Lipinski definition) is 0. The zero-order valence-electron chi connectivity index (χ0n) is 12.2. The summed E-state index contributed by atoms with van der Waals surface area (Å²) < 4.78 is 0. The Morgan fingerprint density at radius 1 is 1.00 bits per heavy atom. The summed E-state index contributed by atoms with van der Waals surface area (Å²) in [6, 6.07) is 18.4. The van der Waals surface area contributed by atoms with Gasteiger partial charge in [0, 0.05) is 34.7 Å². The summed E-state index contributed by atoms with van der Waals surface area (Å²) in [5.74, 6) is 0. The molecule has 0 aliphatic carbocycles. The first-order valence-electron chi connectivity index (χ1n) is 7.57. The molecule has 0 N–H and O–H groups in total. The maximum atomic E-state index is 6.00. The maximum Gasteiger partial charge on any atom is 0.0730 e. The number of benzene rings is 2. The highest BCUT2D eigenvalue weighted by Crippen LogP contribution is 2.34. The van der Waals surface area contributed by atoms with Crippen LogP contribution in [0.4, 0.5) is 5.69 Å². The van der Waals surface area contributed by atoms with Crippen molar-refractivity contribution in [1.29, 1.82) is 0 Å². The van der Waals surface area contributed by atoms with Crippen LogP contribution in [-0.4, -0.2) is 11.5 Å². The van der Waals surface area contributed by atoms with Gasteiger partial charge in [-0.1, -0.05) is 41.9 Å². The standard InChI is InChI=1S/C19H16ClN2/c20-15-9-7-14(8-10-15)18-13-19(22-11-3-4-12-22)16-5-1-2-6-17(16)21-18/h1-2,5-11,13H,3-4,12H2. The second kappa shape index (κ2) is 5.62. The fourth-order valence-electron chi connectivity index (χ4n) is 2.98. The lowest BCUT2D eigenvalue weighted by atomic mass is 10.1. The Balaban J connectivity index is 1.90. The van der Waals surface area contributed by atoms with E-state index in [9.17, 15) is 0 Å². The molecule has 0 spiro atoms. The fraction of sp³-hybridized carbons (Fsp3) is 0.158. The van der Waals surface area contributed by atoms with E-state index < -0.39 is 0 Å². The van der Waals surface area contributed by atoms with Gasteiger partial charge < -0.3 is 4.90 Å². The molecule has 109 valence electrons. The summed E-state index contributed by atoms with van der Waals surface area (Å²) in [6.07, 6.45) is 2.36. The molecule has 3 heteroatoms. The molecule has 1 saturated heterocycles. The van der Waals surface area contributed by atoms with E-state index in [0.717, 1.165) is 34.8 Å². The van der Waals surface area contributed by atoms with E-state index in [1.165, 1.54) is 17.5 Å². The lowest BCUT2D eigenvalue weighted by molar-refractivity contribution is 0.957. The molecule has 3 aromatic rings. The van der Waals surface area contributed by atoms with Crippen molar-refractivity contribution in [2.24, 2.45) is 0 Å². The highest BCUT2D eigenvalue weighted by Gasteiger charge is 2.17. The van der Waals surface area contributed by atoms with Crippen LogP contribution in [0.5, 0.6) is 0 Å². The van der Waals surface area contributed by atoms with E-state index in [-0.39, 0.29) is 0 Å². The normalized spacial score (nSPS) is 14.7. The van der Waals surface area contributed by atoms with Gasteiger partial charge in [0.25, 0.3) is 0 Å². The molecule has 2 nitrogen and oxygen atoms in total. The molecule has 0 atom stereocenters. The Labute approximate surface area is 135 Å². The molecule has 2 aromatic carbocycles. The van der Waals surface area contributed by atoms with Crippen LogP contribution in [0.1, 0.15) is 12.8 Å². The molecule has 22 heavy (non-hydrogen) atoms. The number of fused-ring (bicyclic) bond motifs is 1. The molecule has 1 aromatic heterocycles. The van der Waals surface area contributed by atoms with Crippen LogP contribution in [-0.2, 0) is 0 Å². The van der Waals surface area contributed by atoms with E-state index in [4.69, 9.17) is 16.6 Å². The number of halogens is 1. The molecule has 0 amide bonds. The van der Waals surface area contributed by atoms with Gasteiger partial charge in [0.2, 0.25) is 0 Å². The highest BCUT2D eigenvalue weighted by atomic mass is 35.5. The van der Waals surface area contributed by atoms with Crippen molar-refractivity contribution in [3.63, 3.8) is 0 Å². The van der Waals surface area contributed by atoms with Gasteiger partial charge in [-0.05, 0) is 37.1 Å². The van der Waals surface area contributed by atoms with Gasteiger partial charge in [0.1, 0.15) is 0 Å². The molecular formula is C19H16ClN2. The predicted molar refractivity (Wildman–Crippen MR) is 93.1 cm³/mol. The Morgan fingerprint density at radius 3 is 2.59 bits per heavy atom. The zero-order valence-corrected chi connectivity index (χ0v) is 12.9. The van der Waals surface area contributed by atoms with Crippen molar-refractivity contribution in [3.05, 3.63) is 66.2 Å². The Kier molecular flexibility index (Phi) is 3.47. The van der Waals surface area contributed by atoms with Crippen molar-refractivity contribution in [2.45, 2.75) is 12.8 Å². The molecule has 0 saturated carbocycles. The van der Waals surface area contributed by atoms with Crippen molar-refractivity contribution < 1.29 is 0 Å². The summed E-state index contributed by atoms with van der Waals surface area (Å²) >= 11 is 6.00. The smallest absolute Gasteiger partial charge is 0.0730 e. The van der Waals surface area contributed by atoms with Crippen LogP contribution >= 0.6 is 11.6 Å². The minimum atomic E-state index is 0.748. The number of para-hydroxylation sites is 1. The van der Waals surface area contributed by atoms with Crippen LogP contribution < -0.4 is 4.90 Å². The van der Waals surface area contributed by atoms with Gasteiger partial charge in [0.05, 0.1) is 11.2 Å². The molecule has 1 aliphatic heterocycles. The van der Waals surface area contributed by atoms with Crippen LogP contribution in [0.15, 0.2) is 54.6 Å². The summed E-state index contributed by atoms with van der Waals surface area (Å²) in [6.45, 7) is 3.36. The molecule has 0 unspecified atom stereocenters. The number of aromatic nitrogens is 1. The van der Waals surface area contributed by atoms with E-state index in [1.807, 2.05) is 30.3 Å². The average molecular weight is 308 g/mol. The Bertz CT molecular complexity index is 805. The second-order valence-corrected chi connectivity index (χ2v) is 6.01. The number of rotatable bonds is 2. The van der Waals surface area contributed by atoms with Crippen molar-refractivity contribution >= 4 is 28.2 Å². The number of nitrogens with zero attached hydrogens (tertiary/aromatic N) is 2. The average Bonchev–Trinajstić information content (AvgIpc) is 3.09. The van der Waals surface area contributed by atoms with E-state index in [1.54, 1.807) is 0 Å². The van der Waals surface area contributed by atoms with Gasteiger partial charge in [-0.25, -0.2) is 4.98 Å². The van der Waals surface area contributed by atoms with Crippen LogP contribution in [0, 0.1) is 6.54 Å². The monoisotopic (exact) mass is 307 g/mol. The molecule has 1 radical (unpaired) electrons. The van der Waals surface area contributed by atoms with Crippen molar-refractivity contribution in [3.8, 4) is 11.3 Å². The minimum Gasteiger partial charge on any atom is -0.366 e. The second-order valence-electron chi connectivity index (χ2n) is 5.57. The zero-order chi connectivity index (χ0) is 14.9. The molecule has 2 heterocycles. The first-order valence-corrected chi connectivity index (χ1v) is 7.95. The fourth-order valence-corrected chi connectivity index (χ4v) is 3.11. The quantitative estimate of drug-likeness (QED) is 0.637. The van der Waals surface area contributed by atoms with Crippen molar-refractivity contribution in [1.82, 2.24) is 4.98 Å². The predicted octanol–water partition coefficient (Wildman–Crippen LogP) is 5.32. The summed E-state index contributed by atoms with van der Waals surface area (Å²) in [4.78, 5) is 7.17. The van der Waals surface area contributed by atoms with Crippen LogP contribution in [0.2, 0.25) is 5.02 Å². The SMILES string of the molecule is Clc1ccc(-c2cc(N3[CH]CCC3)c3ccccc3n2)cc1. The van der Waals surface area contributed by atoms with Gasteiger partial charge in [-0.2, -0.15) is 0 Å². The number of anilines is 1. The van der Waals surface area contributed by atoms with Gasteiger partial charge in [-0.15, -0.1) is 0 Å². The molecule has 4 rings (SSSR count). The van der Waals surface area contributed by atoms with E-state index in [2.05, 4.69) is 35.7 Å². The Morgan fingerprint density at radius 2 is 1.82 bits per heavy atom. The first kappa shape index (κ1) is 13.6. The minimum absolute atomic E-state index is 0.748. The largest absolute Gasteiger partial charge is 0.366 e. The van der Waals surface area contributed by atoms with Crippen LogP contribution in [0.25, 0.3) is 22.2 Å². The number of pyridine rings is 1. The summed E-state index contributed by atoms with van der Waals surface area (Å²) in [5.41, 5.74) is 4.36. The third-order valence-corrected chi connectivity index (χ3v) is 4.35. The molecule has 0 bridgehead atoms. The van der Waals surface area contributed by atoms with E-state index >= 15 is 0 Å². The summed E-state index contributed by atoms with van der Waals surface area (Å²) in [5, 5.41) is 1.95. The molecule has 1 fully saturated rings. The topological polar surface area (TPSA) is 16.1 Å². The van der Waals surface area contributed by atoms with Crippen LogP contribution in [0.3, 0.4) is 0 Å². The third-order valence-electron chi connectivity index (χ3n) is 4.10. The van der Waals surface area contributed by atoms with Gasteiger partial charge in [0.15, 0.2) is 0 Å². The molecular weight excluding hydrogens is 292 g/mol. The molecule has 1 aliphatic rings. The van der Waals surface area contributed by atoms with Crippen molar-refractivity contribution in [2.75, 3.05) is 11.4 Å². The van der Waals surface area contributed by atoms with E-state index in [0.29, 0.717) is 0 Å². The summed E-state index contributed by atoms with van der Waals surface area (Å²) in [7, 11) is 0. The third kappa shape index (κ3) is 2.44. The first-order chi connectivity index (χ1) is 10.8. The highest BCUT2D eigenvalue weighted by molar-refractivity contribution is 6.30. The van der Waals surface area contributed by atoms with Gasteiger partial charge >= 0.3 is 0 Å². The maximum absolute atomic E-state index is 6.00.